The highest BCUT2D eigenvalue weighted by Gasteiger charge is 2.41. The molecule has 0 N–H and O–H groups in total. The van der Waals surface area contributed by atoms with Crippen LogP contribution in [0, 0.1) is 0 Å². The number of benzene rings is 3. The summed E-state index contributed by atoms with van der Waals surface area (Å²) in [6.45, 7) is 7.06. The molecule has 0 fully saturated rings. The van der Waals surface area contributed by atoms with Gasteiger partial charge in [0, 0.05) is 76.4 Å². The molecule has 49 heavy (non-hydrogen) atoms. The molecule has 0 saturated carbocycles. The van der Waals surface area contributed by atoms with Gasteiger partial charge in [0.1, 0.15) is 17.5 Å². The van der Waals surface area contributed by atoms with E-state index in [0.29, 0.717) is 16.7 Å². The van der Waals surface area contributed by atoms with Crippen molar-refractivity contribution in [2.45, 2.75) is 41.5 Å². The van der Waals surface area contributed by atoms with Gasteiger partial charge in [0.2, 0.25) is 0 Å². The lowest BCUT2D eigenvalue weighted by atomic mass is 9.97. The molecule has 0 radical (unpaired) electrons. The van der Waals surface area contributed by atoms with Gasteiger partial charge >= 0.3 is 35.8 Å². The van der Waals surface area contributed by atoms with Crippen molar-refractivity contribution in [3.8, 4) is 34.5 Å². The number of carbonyl (C=O) groups excluding carboxylic acids is 6. The minimum Gasteiger partial charge on any atom is -0.423 e. The number of amidine groups is 3. The Labute approximate surface area is 276 Å². The van der Waals surface area contributed by atoms with Crippen molar-refractivity contribution < 1.29 is 57.2 Å². The van der Waals surface area contributed by atoms with Crippen LogP contribution in [0.25, 0.3) is 0 Å². The first kappa shape index (κ1) is 32.2. The molecule has 0 atom stereocenters. The van der Waals surface area contributed by atoms with Gasteiger partial charge in [-0.05, 0) is 18.2 Å². The molecule has 3 aliphatic rings. The molecule has 0 amide bonds. The van der Waals surface area contributed by atoms with Gasteiger partial charge in [-0.2, -0.15) is 0 Å². The molecule has 0 aromatic heterocycles. The number of esters is 6. The molecule has 0 bridgehead atoms. The molecule has 0 spiro atoms. The van der Waals surface area contributed by atoms with Gasteiger partial charge in [-0.1, -0.05) is 0 Å². The fourth-order valence-corrected chi connectivity index (χ4v) is 5.21. The number of rotatable bonds is 6. The highest BCUT2D eigenvalue weighted by molar-refractivity contribution is 6.36. The standard InChI is InChI=1S/C33H24N4O12/c1-13(38)44-25-7-19-22(10-28(25)47-16(4)41)34-32-21-9-27(46-15(3)40)30(49-18(6)43)12-24(21)36-33-20-8-26(45-14(2)39)29(48-17(5)42)11-23(20)35-31(19)37(32)33/h7-12H,1-6H3. The van der Waals surface area contributed by atoms with E-state index in [0.717, 1.165) is 0 Å². The number of hydrogen-bond acceptors (Lipinski definition) is 16. The summed E-state index contributed by atoms with van der Waals surface area (Å²) in [6.07, 6.45) is 0. The maximum absolute atomic E-state index is 12.0. The number of hydrogen-bond donors (Lipinski definition) is 0. The maximum atomic E-state index is 12.0. The Kier molecular flexibility index (Phi) is 7.99. The average molecular weight is 669 g/mol. The molecule has 0 aliphatic carbocycles. The van der Waals surface area contributed by atoms with Crippen molar-refractivity contribution in [2.24, 2.45) is 15.0 Å². The number of nitrogens with zero attached hydrogens (tertiary/aromatic N) is 4. The molecule has 16 nitrogen and oxygen atoms in total. The molecule has 3 heterocycles. The molecule has 16 heteroatoms. The summed E-state index contributed by atoms with van der Waals surface area (Å²) in [5, 5.41) is 0. The lowest BCUT2D eigenvalue weighted by molar-refractivity contribution is -0.134. The van der Waals surface area contributed by atoms with Crippen molar-refractivity contribution in [1.82, 2.24) is 4.90 Å². The third kappa shape index (κ3) is 6.21. The molecule has 3 aromatic rings. The second-order valence-corrected chi connectivity index (χ2v) is 10.7. The van der Waals surface area contributed by atoms with Crippen LogP contribution in [0.2, 0.25) is 0 Å². The molecule has 3 aliphatic heterocycles. The van der Waals surface area contributed by atoms with E-state index in [1.54, 1.807) is 4.90 Å². The molecule has 0 saturated heterocycles. The van der Waals surface area contributed by atoms with Crippen LogP contribution in [-0.2, 0) is 28.8 Å². The Morgan fingerprint density at radius 1 is 0.388 bits per heavy atom. The van der Waals surface area contributed by atoms with E-state index in [1.807, 2.05) is 0 Å². The van der Waals surface area contributed by atoms with E-state index in [9.17, 15) is 28.8 Å². The van der Waals surface area contributed by atoms with E-state index in [2.05, 4.69) is 0 Å². The van der Waals surface area contributed by atoms with Crippen molar-refractivity contribution >= 4 is 70.4 Å². The first-order valence-electron chi connectivity index (χ1n) is 14.4. The number of ether oxygens (including phenoxy) is 6. The first-order valence-corrected chi connectivity index (χ1v) is 14.4. The fraction of sp³-hybridized carbons (Fsp3) is 0.182. The van der Waals surface area contributed by atoms with Crippen molar-refractivity contribution in [1.29, 1.82) is 0 Å². The van der Waals surface area contributed by atoms with Crippen molar-refractivity contribution in [3.05, 3.63) is 53.1 Å². The van der Waals surface area contributed by atoms with Gasteiger partial charge < -0.3 is 28.4 Å². The number of fused-ring (bicyclic) bond motifs is 6. The molecule has 6 rings (SSSR count). The van der Waals surface area contributed by atoms with Crippen LogP contribution in [0.1, 0.15) is 58.2 Å². The SMILES string of the molecule is CC(=O)Oc1cc2c(cc1OC(C)=O)C1=Nc3cc(OC(C)=O)c(OC(C)=O)cc3C3=Nc4cc(OC(C)=O)c(OC(C)=O)cc4C(=N2)N13. The van der Waals surface area contributed by atoms with Crippen LogP contribution >= 0.6 is 0 Å². The predicted molar refractivity (Wildman–Crippen MR) is 168 cm³/mol. The van der Waals surface area contributed by atoms with Gasteiger partial charge in [0.05, 0.1) is 17.1 Å². The van der Waals surface area contributed by atoms with E-state index in [1.165, 1.54) is 77.9 Å². The Morgan fingerprint density at radius 3 is 0.796 bits per heavy atom. The quantitative estimate of drug-likeness (QED) is 0.269. The Bertz CT molecular complexity index is 1920. The summed E-state index contributed by atoms with van der Waals surface area (Å²) in [4.78, 5) is 88.0. The summed E-state index contributed by atoms with van der Waals surface area (Å²) >= 11 is 0. The summed E-state index contributed by atoms with van der Waals surface area (Å²) in [7, 11) is 0. The van der Waals surface area contributed by atoms with Crippen LogP contribution in [0.3, 0.4) is 0 Å². The summed E-state index contributed by atoms with van der Waals surface area (Å²) < 4.78 is 32.1. The highest BCUT2D eigenvalue weighted by atomic mass is 16.6. The van der Waals surface area contributed by atoms with Crippen LogP contribution in [0.4, 0.5) is 17.1 Å². The zero-order chi connectivity index (χ0) is 35.3. The van der Waals surface area contributed by atoms with Crippen molar-refractivity contribution in [2.75, 3.05) is 0 Å². The number of carbonyl (C=O) groups is 6. The van der Waals surface area contributed by atoms with Crippen molar-refractivity contribution in [3.63, 3.8) is 0 Å². The van der Waals surface area contributed by atoms with Gasteiger partial charge in [-0.25, -0.2) is 15.0 Å². The van der Waals surface area contributed by atoms with Crippen LogP contribution in [-0.4, -0.2) is 58.2 Å². The van der Waals surface area contributed by atoms with E-state index < -0.39 is 35.8 Å². The number of aliphatic imine (C=N–C) groups is 3. The zero-order valence-electron chi connectivity index (χ0n) is 26.7. The zero-order valence-corrected chi connectivity index (χ0v) is 26.7. The minimum atomic E-state index is -0.691. The van der Waals surface area contributed by atoms with Crippen LogP contribution in [0.15, 0.2) is 51.4 Å². The lowest BCUT2D eigenvalue weighted by Gasteiger charge is -2.38. The monoisotopic (exact) mass is 668 g/mol. The first-order chi connectivity index (χ1) is 23.2. The molecular formula is C33H24N4O12. The third-order valence-electron chi connectivity index (χ3n) is 6.75. The van der Waals surface area contributed by atoms with E-state index >= 15 is 0 Å². The lowest BCUT2D eigenvalue weighted by Crippen LogP contribution is -2.48. The topological polar surface area (TPSA) is 198 Å². The van der Waals surface area contributed by atoms with Gasteiger partial charge in [-0.15, -0.1) is 0 Å². The van der Waals surface area contributed by atoms with Crippen LogP contribution in [0.5, 0.6) is 34.5 Å². The summed E-state index contributed by atoms with van der Waals surface area (Å²) in [5.41, 5.74) is 1.61. The van der Waals surface area contributed by atoms with Crippen LogP contribution < -0.4 is 28.4 Å². The minimum absolute atomic E-state index is 0.0986. The summed E-state index contributed by atoms with van der Waals surface area (Å²) in [6, 6.07) is 8.41. The highest BCUT2D eigenvalue weighted by Crippen LogP contribution is 2.48. The largest absolute Gasteiger partial charge is 0.423 e. The molecule has 248 valence electrons. The average Bonchev–Trinajstić information content (AvgIpc) is 2.97. The molecular weight excluding hydrogens is 644 g/mol. The van der Waals surface area contributed by atoms with Gasteiger partial charge in [-0.3, -0.25) is 33.7 Å². The third-order valence-corrected chi connectivity index (χ3v) is 6.75. The van der Waals surface area contributed by atoms with Gasteiger partial charge in [0.25, 0.3) is 0 Å². The van der Waals surface area contributed by atoms with E-state index in [-0.39, 0.29) is 69.1 Å². The normalized spacial score (nSPS) is 13.1. The fourth-order valence-electron chi connectivity index (χ4n) is 5.21. The molecule has 3 aromatic carbocycles. The predicted octanol–water partition coefficient (Wildman–Crippen LogP) is 4.12. The van der Waals surface area contributed by atoms with Gasteiger partial charge in [0.15, 0.2) is 34.5 Å². The van der Waals surface area contributed by atoms with E-state index in [4.69, 9.17) is 43.4 Å². The summed E-state index contributed by atoms with van der Waals surface area (Å²) in [5.74, 6) is -4.14. The Morgan fingerprint density at radius 2 is 0.592 bits per heavy atom. The maximum Gasteiger partial charge on any atom is 0.308 e. The second-order valence-electron chi connectivity index (χ2n) is 10.7. The Hall–Kier alpha value is -6.71. The second kappa shape index (κ2) is 12.1. The smallest absolute Gasteiger partial charge is 0.308 e. The Balaban J connectivity index is 1.69. The molecule has 0 unspecified atom stereocenters.